The molecule has 0 radical (unpaired) electrons. The summed E-state index contributed by atoms with van der Waals surface area (Å²) in [6.45, 7) is 2.83. The van der Waals surface area contributed by atoms with Crippen LogP contribution in [0.2, 0.25) is 0 Å². The summed E-state index contributed by atoms with van der Waals surface area (Å²) >= 11 is 0. The van der Waals surface area contributed by atoms with Crippen molar-refractivity contribution in [2.75, 3.05) is 6.61 Å². The monoisotopic (exact) mass is 494 g/mol. The van der Waals surface area contributed by atoms with Gasteiger partial charge in [0.25, 0.3) is 0 Å². The molecule has 3 rings (SSSR count). The number of unbranched alkanes of at least 4 members (excludes halogenated alkanes) is 15. The first-order chi connectivity index (χ1) is 17.7. The first kappa shape index (κ1) is 28.1. The molecule has 2 aromatic carbocycles. The van der Waals surface area contributed by atoms with Crippen LogP contribution in [0.3, 0.4) is 0 Å². The van der Waals surface area contributed by atoms with Crippen LogP contribution in [0.4, 0.5) is 0 Å². The molecule has 0 aliphatic carbocycles. The van der Waals surface area contributed by atoms with E-state index in [0.717, 1.165) is 24.2 Å². The summed E-state index contributed by atoms with van der Waals surface area (Å²) in [5.74, 6) is 0.894. The van der Waals surface area contributed by atoms with Gasteiger partial charge < -0.3 is 14.6 Å². The SMILES string of the molecule is CCCCCCCCCCCCCCCCCCOc1ccc2c(c1C(=O)O)Cc1ccccc1O2. The average molecular weight is 495 g/mol. The molecule has 4 nitrogen and oxygen atoms in total. The predicted molar refractivity (Wildman–Crippen MR) is 148 cm³/mol. The Hall–Kier alpha value is -2.49. The Morgan fingerprint density at radius 3 is 1.89 bits per heavy atom. The van der Waals surface area contributed by atoms with Crippen molar-refractivity contribution in [2.24, 2.45) is 0 Å². The van der Waals surface area contributed by atoms with Crippen molar-refractivity contribution >= 4 is 5.97 Å². The molecule has 4 heteroatoms. The highest BCUT2D eigenvalue weighted by molar-refractivity contribution is 5.94. The molecule has 2 aromatic rings. The molecular formula is C32H46O4. The summed E-state index contributed by atoms with van der Waals surface area (Å²) in [5, 5.41) is 9.88. The molecule has 0 unspecified atom stereocenters. The molecule has 198 valence electrons. The topological polar surface area (TPSA) is 55.8 Å². The number of fused-ring (bicyclic) bond motifs is 2. The van der Waals surface area contributed by atoms with Crippen molar-refractivity contribution in [1.82, 2.24) is 0 Å². The number of hydrogen-bond acceptors (Lipinski definition) is 3. The van der Waals surface area contributed by atoms with Crippen LogP contribution < -0.4 is 9.47 Å². The Bertz CT molecular complexity index is 920. The number of para-hydroxylation sites is 1. The number of carboxylic acid groups (broad SMARTS) is 1. The molecule has 0 saturated carbocycles. The van der Waals surface area contributed by atoms with E-state index in [2.05, 4.69) is 6.92 Å². The summed E-state index contributed by atoms with van der Waals surface area (Å²) in [6.07, 6.45) is 21.9. The van der Waals surface area contributed by atoms with Gasteiger partial charge in [-0.15, -0.1) is 0 Å². The number of rotatable bonds is 19. The summed E-state index contributed by atoms with van der Waals surface area (Å²) < 4.78 is 11.9. The molecule has 0 saturated heterocycles. The summed E-state index contributed by atoms with van der Waals surface area (Å²) in [4.78, 5) is 12.1. The lowest BCUT2D eigenvalue weighted by atomic mass is 9.95. The quantitative estimate of drug-likeness (QED) is 0.168. The molecule has 0 atom stereocenters. The van der Waals surface area contributed by atoms with Crippen molar-refractivity contribution in [1.29, 1.82) is 0 Å². The first-order valence-electron chi connectivity index (χ1n) is 14.5. The molecular weight excluding hydrogens is 448 g/mol. The van der Waals surface area contributed by atoms with E-state index < -0.39 is 5.97 Å². The van der Waals surface area contributed by atoms with Crippen LogP contribution in [-0.2, 0) is 6.42 Å². The van der Waals surface area contributed by atoms with Gasteiger partial charge in [-0.25, -0.2) is 4.79 Å². The highest BCUT2D eigenvalue weighted by atomic mass is 16.5. The molecule has 1 aliphatic heterocycles. The van der Waals surface area contributed by atoms with Crippen LogP contribution in [-0.4, -0.2) is 17.7 Å². The third kappa shape index (κ3) is 9.19. The smallest absolute Gasteiger partial charge is 0.339 e. The van der Waals surface area contributed by atoms with Gasteiger partial charge in [-0.2, -0.15) is 0 Å². The van der Waals surface area contributed by atoms with Gasteiger partial charge in [-0.3, -0.25) is 0 Å². The number of aromatic carboxylic acids is 1. The van der Waals surface area contributed by atoms with Gasteiger partial charge in [0.15, 0.2) is 0 Å². The zero-order chi connectivity index (χ0) is 25.4. The Kier molecular flexibility index (Phi) is 12.7. The maximum atomic E-state index is 12.1. The lowest BCUT2D eigenvalue weighted by molar-refractivity contribution is 0.0690. The molecule has 0 bridgehead atoms. The van der Waals surface area contributed by atoms with Crippen molar-refractivity contribution < 1.29 is 19.4 Å². The fourth-order valence-electron chi connectivity index (χ4n) is 5.12. The Labute approximate surface area is 218 Å². The molecule has 0 spiro atoms. The van der Waals surface area contributed by atoms with Gasteiger partial charge in [-0.05, 0) is 30.2 Å². The lowest BCUT2D eigenvalue weighted by Crippen LogP contribution is -2.12. The number of carbonyl (C=O) groups is 1. The van der Waals surface area contributed by atoms with Gasteiger partial charge in [0.1, 0.15) is 22.8 Å². The molecule has 36 heavy (non-hydrogen) atoms. The van der Waals surface area contributed by atoms with E-state index in [1.807, 2.05) is 30.3 Å². The highest BCUT2D eigenvalue weighted by Gasteiger charge is 2.26. The Morgan fingerprint density at radius 2 is 1.31 bits per heavy atom. The lowest BCUT2D eigenvalue weighted by Gasteiger charge is -2.23. The van der Waals surface area contributed by atoms with E-state index in [9.17, 15) is 9.90 Å². The maximum Gasteiger partial charge on any atom is 0.339 e. The van der Waals surface area contributed by atoms with Crippen LogP contribution in [0.15, 0.2) is 36.4 Å². The third-order valence-corrected chi connectivity index (χ3v) is 7.26. The van der Waals surface area contributed by atoms with Gasteiger partial charge >= 0.3 is 5.97 Å². The summed E-state index contributed by atoms with van der Waals surface area (Å²) in [5.41, 5.74) is 1.94. The van der Waals surface area contributed by atoms with Gasteiger partial charge in [-0.1, -0.05) is 121 Å². The van der Waals surface area contributed by atoms with E-state index in [1.165, 1.54) is 89.9 Å². The van der Waals surface area contributed by atoms with Crippen molar-refractivity contribution in [3.63, 3.8) is 0 Å². The average Bonchev–Trinajstić information content (AvgIpc) is 2.88. The van der Waals surface area contributed by atoms with Gasteiger partial charge in [0, 0.05) is 12.0 Å². The largest absolute Gasteiger partial charge is 0.493 e. The predicted octanol–water partition coefficient (Wildman–Crippen LogP) is 9.72. The molecule has 1 aliphatic rings. The van der Waals surface area contributed by atoms with E-state index in [-0.39, 0.29) is 5.56 Å². The minimum absolute atomic E-state index is 0.235. The second kappa shape index (κ2) is 16.3. The third-order valence-electron chi connectivity index (χ3n) is 7.26. The van der Waals surface area contributed by atoms with Crippen molar-refractivity contribution in [2.45, 2.75) is 116 Å². The second-order valence-corrected chi connectivity index (χ2v) is 10.3. The highest BCUT2D eigenvalue weighted by Crippen LogP contribution is 2.41. The molecule has 0 fully saturated rings. The summed E-state index contributed by atoms with van der Waals surface area (Å²) in [6, 6.07) is 11.3. The molecule has 0 aromatic heterocycles. The molecule has 1 heterocycles. The van der Waals surface area contributed by atoms with Crippen LogP contribution in [0.25, 0.3) is 0 Å². The number of ether oxygens (including phenoxy) is 2. The second-order valence-electron chi connectivity index (χ2n) is 10.3. The summed E-state index contributed by atoms with van der Waals surface area (Å²) in [7, 11) is 0. The first-order valence-corrected chi connectivity index (χ1v) is 14.5. The zero-order valence-electron chi connectivity index (χ0n) is 22.4. The fourth-order valence-corrected chi connectivity index (χ4v) is 5.12. The number of hydrogen-bond donors (Lipinski definition) is 1. The van der Waals surface area contributed by atoms with Crippen molar-refractivity contribution in [3.8, 4) is 17.2 Å². The number of carboxylic acids is 1. The van der Waals surface area contributed by atoms with Crippen molar-refractivity contribution in [3.05, 3.63) is 53.1 Å². The van der Waals surface area contributed by atoms with E-state index in [1.54, 1.807) is 6.07 Å². The van der Waals surface area contributed by atoms with E-state index >= 15 is 0 Å². The van der Waals surface area contributed by atoms with E-state index in [4.69, 9.17) is 9.47 Å². The van der Waals surface area contributed by atoms with Crippen LogP contribution >= 0.6 is 0 Å². The Balaban J connectivity index is 1.25. The fraction of sp³-hybridized carbons (Fsp3) is 0.594. The standard InChI is InChI=1S/C32H46O4/c1-2-3-4-5-6-7-8-9-10-11-12-13-14-15-16-19-24-35-30-23-22-29-27(31(30)32(33)34)25-26-20-17-18-21-28(26)36-29/h17-18,20-23H,2-16,19,24-25H2,1H3,(H,33,34). The zero-order valence-corrected chi connectivity index (χ0v) is 22.4. The minimum atomic E-state index is -0.961. The van der Waals surface area contributed by atoms with Gasteiger partial charge in [0.05, 0.1) is 6.61 Å². The van der Waals surface area contributed by atoms with Crippen LogP contribution in [0.5, 0.6) is 17.2 Å². The van der Waals surface area contributed by atoms with Crippen LogP contribution in [0, 0.1) is 0 Å². The van der Waals surface area contributed by atoms with E-state index in [0.29, 0.717) is 30.1 Å². The van der Waals surface area contributed by atoms with Crippen LogP contribution in [0.1, 0.15) is 131 Å². The molecule has 0 amide bonds. The Morgan fingerprint density at radius 1 is 0.750 bits per heavy atom. The number of benzene rings is 2. The minimum Gasteiger partial charge on any atom is -0.493 e. The maximum absolute atomic E-state index is 12.1. The normalized spacial score (nSPS) is 12.0. The van der Waals surface area contributed by atoms with Gasteiger partial charge in [0.2, 0.25) is 0 Å². The molecule has 1 N–H and O–H groups in total.